The van der Waals surface area contributed by atoms with Crippen LogP contribution in [0.1, 0.15) is 31.7 Å². The molecule has 1 aromatic heterocycles. The Hall–Kier alpha value is -1.42. The Kier molecular flexibility index (Phi) is 3.97. The zero-order chi connectivity index (χ0) is 13.0. The zero-order valence-electron chi connectivity index (χ0n) is 10.8. The molecule has 1 atom stereocenters. The first-order valence-electron chi connectivity index (χ1n) is 6.50. The first kappa shape index (κ1) is 13.0. The lowest BCUT2D eigenvalue weighted by molar-refractivity contribution is -0.152. The maximum absolute atomic E-state index is 11.4. The first-order valence-corrected chi connectivity index (χ1v) is 6.50. The molecule has 0 bridgehead atoms. The SMILES string of the molecule is CC1(C(=O)O)CCCCN1CCc1cccnc1. The summed E-state index contributed by atoms with van der Waals surface area (Å²) < 4.78 is 0. The molecule has 0 aliphatic carbocycles. The quantitative estimate of drug-likeness (QED) is 0.885. The molecule has 0 saturated carbocycles. The number of nitrogens with zero attached hydrogens (tertiary/aromatic N) is 2. The monoisotopic (exact) mass is 248 g/mol. The third kappa shape index (κ3) is 2.70. The summed E-state index contributed by atoms with van der Waals surface area (Å²) in [4.78, 5) is 17.6. The van der Waals surface area contributed by atoms with E-state index < -0.39 is 11.5 Å². The molecule has 0 radical (unpaired) electrons. The summed E-state index contributed by atoms with van der Waals surface area (Å²) in [5.41, 5.74) is 0.469. The molecule has 1 N–H and O–H groups in total. The van der Waals surface area contributed by atoms with Crippen molar-refractivity contribution in [3.8, 4) is 0 Å². The Morgan fingerprint density at radius 1 is 1.56 bits per heavy atom. The van der Waals surface area contributed by atoms with E-state index in [0.29, 0.717) is 0 Å². The van der Waals surface area contributed by atoms with E-state index in [-0.39, 0.29) is 0 Å². The molecule has 2 heterocycles. The number of likely N-dealkylation sites (tertiary alicyclic amines) is 1. The summed E-state index contributed by atoms with van der Waals surface area (Å²) >= 11 is 0. The largest absolute Gasteiger partial charge is 0.480 e. The number of carboxylic acid groups (broad SMARTS) is 1. The second-order valence-corrected chi connectivity index (χ2v) is 5.13. The lowest BCUT2D eigenvalue weighted by Gasteiger charge is -2.41. The van der Waals surface area contributed by atoms with Crippen LogP contribution in [-0.4, -0.2) is 39.6 Å². The number of piperidine rings is 1. The average molecular weight is 248 g/mol. The fourth-order valence-corrected chi connectivity index (χ4v) is 2.59. The van der Waals surface area contributed by atoms with Crippen molar-refractivity contribution in [2.24, 2.45) is 0 Å². The molecule has 1 aliphatic heterocycles. The summed E-state index contributed by atoms with van der Waals surface area (Å²) in [6.45, 7) is 3.51. The van der Waals surface area contributed by atoms with Gasteiger partial charge in [-0.3, -0.25) is 14.7 Å². The Morgan fingerprint density at radius 2 is 2.39 bits per heavy atom. The normalized spacial score (nSPS) is 24.9. The minimum Gasteiger partial charge on any atom is -0.480 e. The number of aromatic nitrogens is 1. The van der Waals surface area contributed by atoms with Crippen LogP contribution in [0.15, 0.2) is 24.5 Å². The highest BCUT2D eigenvalue weighted by Crippen LogP contribution is 2.28. The van der Waals surface area contributed by atoms with E-state index in [9.17, 15) is 9.90 Å². The van der Waals surface area contributed by atoms with Gasteiger partial charge in [0.1, 0.15) is 5.54 Å². The molecule has 4 nitrogen and oxygen atoms in total. The average Bonchev–Trinajstić information content (AvgIpc) is 2.39. The lowest BCUT2D eigenvalue weighted by atomic mass is 9.88. The van der Waals surface area contributed by atoms with Crippen molar-refractivity contribution < 1.29 is 9.90 Å². The van der Waals surface area contributed by atoms with Gasteiger partial charge in [-0.25, -0.2) is 0 Å². The third-order valence-electron chi connectivity index (χ3n) is 3.89. The van der Waals surface area contributed by atoms with Crippen molar-refractivity contribution >= 4 is 5.97 Å². The third-order valence-corrected chi connectivity index (χ3v) is 3.89. The molecule has 1 aliphatic rings. The molecule has 1 aromatic rings. The van der Waals surface area contributed by atoms with Crippen LogP contribution in [0.4, 0.5) is 0 Å². The highest BCUT2D eigenvalue weighted by molar-refractivity contribution is 5.78. The van der Waals surface area contributed by atoms with Gasteiger partial charge < -0.3 is 5.11 Å². The molecule has 4 heteroatoms. The molecule has 1 saturated heterocycles. The molecular formula is C14H20N2O2. The van der Waals surface area contributed by atoms with Crippen LogP contribution in [0.2, 0.25) is 0 Å². The van der Waals surface area contributed by atoms with Gasteiger partial charge >= 0.3 is 5.97 Å². The van der Waals surface area contributed by atoms with Gasteiger partial charge in [0.05, 0.1) is 0 Å². The number of hydrogen-bond acceptors (Lipinski definition) is 3. The molecule has 0 amide bonds. The molecule has 2 rings (SSSR count). The Bertz CT molecular complexity index is 408. The van der Waals surface area contributed by atoms with E-state index in [0.717, 1.165) is 44.3 Å². The highest BCUT2D eigenvalue weighted by atomic mass is 16.4. The number of hydrogen-bond donors (Lipinski definition) is 1. The topological polar surface area (TPSA) is 53.4 Å². The number of rotatable bonds is 4. The van der Waals surface area contributed by atoms with Gasteiger partial charge in [0.2, 0.25) is 0 Å². The summed E-state index contributed by atoms with van der Waals surface area (Å²) in [7, 11) is 0. The second kappa shape index (κ2) is 5.48. The number of carbonyl (C=O) groups is 1. The van der Waals surface area contributed by atoms with Gasteiger partial charge in [0.25, 0.3) is 0 Å². The first-order chi connectivity index (χ1) is 8.63. The van der Waals surface area contributed by atoms with Crippen LogP contribution in [0.25, 0.3) is 0 Å². The van der Waals surface area contributed by atoms with Crippen molar-refractivity contribution in [3.63, 3.8) is 0 Å². The maximum atomic E-state index is 11.4. The summed E-state index contributed by atoms with van der Waals surface area (Å²) in [5, 5.41) is 9.41. The molecule has 98 valence electrons. The minimum absolute atomic E-state index is 0.694. The van der Waals surface area contributed by atoms with E-state index >= 15 is 0 Å². The fourth-order valence-electron chi connectivity index (χ4n) is 2.59. The Balaban J connectivity index is 2.00. The lowest BCUT2D eigenvalue weighted by Crippen LogP contribution is -2.55. The van der Waals surface area contributed by atoms with E-state index in [1.54, 1.807) is 6.20 Å². The molecule has 0 aromatic carbocycles. The Morgan fingerprint density at radius 3 is 3.06 bits per heavy atom. The van der Waals surface area contributed by atoms with Crippen LogP contribution < -0.4 is 0 Å². The smallest absolute Gasteiger partial charge is 0.323 e. The van der Waals surface area contributed by atoms with E-state index in [1.165, 1.54) is 0 Å². The van der Waals surface area contributed by atoms with Crippen LogP contribution in [0.3, 0.4) is 0 Å². The van der Waals surface area contributed by atoms with Gasteiger partial charge in [-0.2, -0.15) is 0 Å². The van der Waals surface area contributed by atoms with Crippen LogP contribution in [-0.2, 0) is 11.2 Å². The van der Waals surface area contributed by atoms with Gasteiger partial charge in [0, 0.05) is 18.9 Å². The number of aliphatic carboxylic acids is 1. The van der Waals surface area contributed by atoms with Crippen LogP contribution in [0, 0.1) is 0 Å². The number of pyridine rings is 1. The van der Waals surface area contributed by atoms with Gasteiger partial charge in [-0.15, -0.1) is 0 Å². The van der Waals surface area contributed by atoms with E-state index in [4.69, 9.17) is 0 Å². The fraction of sp³-hybridized carbons (Fsp3) is 0.571. The van der Waals surface area contributed by atoms with Gasteiger partial charge in [-0.1, -0.05) is 6.07 Å². The van der Waals surface area contributed by atoms with Crippen LogP contribution in [0.5, 0.6) is 0 Å². The molecular weight excluding hydrogens is 228 g/mol. The van der Waals surface area contributed by atoms with E-state index in [2.05, 4.69) is 9.88 Å². The van der Waals surface area contributed by atoms with Crippen LogP contribution >= 0.6 is 0 Å². The van der Waals surface area contributed by atoms with Crippen molar-refractivity contribution in [1.82, 2.24) is 9.88 Å². The van der Waals surface area contributed by atoms with Gasteiger partial charge in [0.15, 0.2) is 0 Å². The minimum atomic E-state index is -0.701. The molecule has 1 unspecified atom stereocenters. The van der Waals surface area contributed by atoms with E-state index in [1.807, 2.05) is 25.3 Å². The predicted molar refractivity (Wildman–Crippen MR) is 69.4 cm³/mol. The summed E-state index contributed by atoms with van der Waals surface area (Å²) in [6.07, 6.45) is 7.31. The standard InChI is InChI=1S/C14H20N2O2/c1-14(13(17)18)7-2-3-9-16(14)10-6-12-5-4-8-15-11-12/h4-5,8,11H,2-3,6-7,9-10H2,1H3,(H,17,18). The molecule has 18 heavy (non-hydrogen) atoms. The summed E-state index contributed by atoms with van der Waals surface area (Å²) in [6, 6.07) is 3.96. The number of carboxylic acids is 1. The predicted octanol–water partition coefficient (Wildman–Crippen LogP) is 1.95. The maximum Gasteiger partial charge on any atom is 0.323 e. The Labute approximate surface area is 108 Å². The van der Waals surface area contributed by atoms with Crippen molar-refractivity contribution in [2.75, 3.05) is 13.1 Å². The molecule has 1 fully saturated rings. The van der Waals surface area contributed by atoms with Crippen molar-refractivity contribution in [1.29, 1.82) is 0 Å². The zero-order valence-corrected chi connectivity index (χ0v) is 10.8. The highest BCUT2D eigenvalue weighted by Gasteiger charge is 2.40. The van der Waals surface area contributed by atoms with Crippen molar-refractivity contribution in [3.05, 3.63) is 30.1 Å². The van der Waals surface area contributed by atoms with Crippen molar-refractivity contribution in [2.45, 2.75) is 38.1 Å². The summed E-state index contributed by atoms with van der Waals surface area (Å²) in [5.74, 6) is -0.701. The van der Waals surface area contributed by atoms with Gasteiger partial charge in [-0.05, 0) is 50.8 Å². The molecule has 0 spiro atoms. The second-order valence-electron chi connectivity index (χ2n) is 5.13.